The van der Waals surface area contributed by atoms with Gasteiger partial charge < -0.3 is 14.5 Å². The zero-order valence-corrected chi connectivity index (χ0v) is 16.8. The van der Waals surface area contributed by atoms with Crippen LogP contribution in [0.25, 0.3) is 0 Å². The Bertz CT molecular complexity index is 765. The van der Waals surface area contributed by atoms with E-state index in [0.717, 1.165) is 70.2 Å². The summed E-state index contributed by atoms with van der Waals surface area (Å²) in [6.45, 7) is 6.65. The second-order valence-electron chi connectivity index (χ2n) is 7.68. The van der Waals surface area contributed by atoms with Crippen molar-refractivity contribution in [3.8, 4) is 5.75 Å². The summed E-state index contributed by atoms with van der Waals surface area (Å²) in [5.41, 5.74) is 0. The van der Waals surface area contributed by atoms with Gasteiger partial charge in [-0.2, -0.15) is 0 Å². The van der Waals surface area contributed by atoms with Crippen molar-refractivity contribution < 1.29 is 9.53 Å². The van der Waals surface area contributed by atoms with Gasteiger partial charge in [-0.15, -0.1) is 0 Å². The number of hydrogen-bond donors (Lipinski definition) is 0. The lowest BCUT2D eigenvalue weighted by molar-refractivity contribution is -0.137. The fraction of sp³-hybridized carbons (Fsp3) is 0.500. The van der Waals surface area contributed by atoms with Crippen molar-refractivity contribution in [1.29, 1.82) is 0 Å². The van der Waals surface area contributed by atoms with Gasteiger partial charge in [-0.25, -0.2) is 4.98 Å². The van der Waals surface area contributed by atoms with E-state index in [4.69, 9.17) is 4.74 Å². The Morgan fingerprint density at radius 3 is 2.66 bits per heavy atom. The molecule has 2 aliphatic heterocycles. The minimum Gasteiger partial charge on any atom is -0.492 e. The Morgan fingerprint density at radius 2 is 1.90 bits per heavy atom. The number of hydrogen-bond acceptors (Lipinski definition) is 6. The second-order valence-corrected chi connectivity index (χ2v) is 7.68. The van der Waals surface area contributed by atoms with E-state index < -0.39 is 0 Å². The fourth-order valence-corrected chi connectivity index (χ4v) is 4.10. The van der Waals surface area contributed by atoms with Crippen LogP contribution in [0.3, 0.4) is 0 Å². The first kappa shape index (κ1) is 19.6. The normalized spacial score (nSPS) is 20.5. The monoisotopic (exact) mass is 395 g/mol. The third-order valence-electron chi connectivity index (χ3n) is 5.75. The highest BCUT2D eigenvalue weighted by atomic mass is 16.5. The minimum absolute atomic E-state index is 0.0544. The maximum absolute atomic E-state index is 13.1. The average molecular weight is 396 g/mol. The third kappa shape index (κ3) is 5.23. The third-order valence-corrected chi connectivity index (χ3v) is 5.75. The molecule has 0 saturated carbocycles. The lowest BCUT2D eigenvalue weighted by Gasteiger charge is -2.39. The lowest BCUT2D eigenvalue weighted by Crippen LogP contribution is -2.53. The van der Waals surface area contributed by atoms with Crippen LogP contribution in [0.2, 0.25) is 0 Å². The van der Waals surface area contributed by atoms with Crippen molar-refractivity contribution in [1.82, 2.24) is 19.8 Å². The molecule has 0 aliphatic carbocycles. The van der Waals surface area contributed by atoms with E-state index in [2.05, 4.69) is 19.8 Å². The number of aromatic nitrogens is 2. The number of piperidine rings is 1. The largest absolute Gasteiger partial charge is 0.492 e. The van der Waals surface area contributed by atoms with E-state index in [1.54, 1.807) is 18.6 Å². The van der Waals surface area contributed by atoms with Gasteiger partial charge in [0, 0.05) is 58.2 Å². The van der Waals surface area contributed by atoms with Crippen LogP contribution < -0.4 is 9.64 Å². The highest BCUT2D eigenvalue weighted by molar-refractivity contribution is 5.79. The standard InChI is InChI=1S/C22H29N5O2/c28-22(19-5-4-10-27(18-19)21-17-23-8-9-24-21)26-13-11-25(12-14-26)15-16-29-20-6-2-1-3-7-20/h1-3,6-9,17,19H,4-5,10-16,18H2. The summed E-state index contributed by atoms with van der Waals surface area (Å²) in [5, 5.41) is 0. The molecule has 4 rings (SSSR count). The van der Waals surface area contributed by atoms with Crippen LogP contribution in [-0.4, -0.2) is 78.1 Å². The molecular weight excluding hydrogens is 366 g/mol. The number of rotatable bonds is 6. The Morgan fingerprint density at radius 1 is 1.07 bits per heavy atom. The molecule has 1 atom stereocenters. The Kier molecular flexibility index (Phi) is 6.56. The number of anilines is 1. The number of carbonyl (C=O) groups excluding carboxylic acids is 1. The van der Waals surface area contributed by atoms with Gasteiger partial charge in [0.05, 0.1) is 12.1 Å². The van der Waals surface area contributed by atoms with Crippen LogP contribution in [0.15, 0.2) is 48.9 Å². The predicted octanol–water partition coefficient (Wildman–Crippen LogP) is 1.92. The van der Waals surface area contributed by atoms with Crippen molar-refractivity contribution in [2.45, 2.75) is 12.8 Å². The number of nitrogens with zero attached hydrogens (tertiary/aromatic N) is 5. The van der Waals surface area contributed by atoms with Gasteiger partial charge in [-0.3, -0.25) is 14.7 Å². The van der Waals surface area contributed by atoms with E-state index in [0.29, 0.717) is 12.5 Å². The summed E-state index contributed by atoms with van der Waals surface area (Å²) in [7, 11) is 0. The summed E-state index contributed by atoms with van der Waals surface area (Å²) in [4.78, 5) is 28.2. The molecule has 2 fully saturated rings. The molecule has 0 bridgehead atoms. The summed E-state index contributed by atoms with van der Waals surface area (Å²) in [6.07, 6.45) is 7.15. The lowest BCUT2D eigenvalue weighted by atomic mass is 9.96. The molecule has 154 valence electrons. The maximum atomic E-state index is 13.1. The molecule has 0 spiro atoms. The molecule has 2 saturated heterocycles. The molecule has 1 aromatic carbocycles. The van der Waals surface area contributed by atoms with Crippen LogP contribution in [0.5, 0.6) is 5.75 Å². The summed E-state index contributed by atoms with van der Waals surface area (Å²) >= 11 is 0. The molecule has 2 aromatic rings. The zero-order chi connectivity index (χ0) is 19.9. The maximum Gasteiger partial charge on any atom is 0.227 e. The van der Waals surface area contributed by atoms with Gasteiger partial charge in [0.25, 0.3) is 0 Å². The molecule has 7 nitrogen and oxygen atoms in total. The number of amides is 1. The molecule has 7 heteroatoms. The van der Waals surface area contributed by atoms with Gasteiger partial charge in [0.2, 0.25) is 5.91 Å². The second kappa shape index (κ2) is 9.69. The molecule has 0 N–H and O–H groups in total. The Balaban J connectivity index is 1.21. The first-order chi connectivity index (χ1) is 14.3. The molecule has 2 aliphatic rings. The first-order valence-electron chi connectivity index (χ1n) is 10.5. The van der Waals surface area contributed by atoms with Gasteiger partial charge in [-0.1, -0.05) is 18.2 Å². The number of para-hydroxylation sites is 1. The highest BCUT2D eigenvalue weighted by Gasteiger charge is 2.31. The van der Waals surface area contributed by atoms with Crippen molar-refractivity contribution in [2.75, 3.05) is 57.3 Å². The Labute approximate surface area is 172 Å². The minimum atomic E-state index is 0.0544. The average Bonchev–Trinajstić information content (AvgIpc) is 2.80. The smallest absolute Gasteiger partial charge is 0.227 e. The van der Waals surface area contributed by atoms with Crippen LogP contribution >= 0.6 is 0 Å². The van der Waals surface area contributed by atoms with Gasteiger partial charge in [0.1, 0.15) is 18.2 Å². The number of ether oxygens (including phenoxy) is 1. The molecule has 3 heterocycles. The topological polar surface area (TPSA) is 61.8 Å². The Hall–Kier alpha value is -2.67. The van der Waals surface area contributed by atoms with E-state index in [1.807, 2.05) is 35.2 Å². The predicted molar refractivity (Wildman–Crippen MR) is 112 cm³/mol. The molecule has 0 radical (unpaired) electrons. The van der Waals surface area contributed by atoms with Gasteiger partial charge in [0.15, 0.2) is 0 Å². The highest BCUT2D eigenvalue weighted by Crippen LogP contribution is 2.23. The van der Waals surface area contributed by atoms with Gasteiger partial charge in [-0.05, 0) is 25.0 Å². The summed E-state index contributed by atoms with van der Waals surface area (Å²) < 4.78 is 5.79. The zero-order valence-electron chi connectivity index (χ0n) is 16.8. The van der Waals surface area contributed by atoms with Crippen LogP contribution in [0.4, 0.5) is 5.82 Å². The van der Waals surface area contributed by atoms with Crippen molar-refractivity contribution >= 4 is 11.7 Å². The van der Waals surface area contributed by atoms with Crippen LogP contribution in [0, 0.1) is 5.92 Å². The van der Waals surface area contributed by atoms with E-state index >= 15 is 0 Å². The molecule has 29 heavy (non-hydrogen) atoms. The van der Waals surface area contributed by atoms with Crippen LogP contribution in [-0.2, 0) is 4.79 Å². The SMILES string of the molecule is O=C(C1CCCN(c2cnccn2)C1)N1CCN(CCOc2ccccc2)CC1. The van der Waals surface area contributed by atoms with E-state index in [1.165, 1.54) is 0 Å². The first-order valence-corrected chi connectivity index (χ1v) is 10.5. The van der Waals surface area contributed by atoms with Crippen LogP contribution in [0.1, 0.15) is 12.8 Å². The molecule has 1 unspecified atom stereocenters. The van der Waals surface area contributed by atoms with E-state index in [-0.39, 0.29) is 5.92 Å². The quantitative estimate of drug-likeness (QED) is 0.745. The van der Waals surface area contributed by atoms with Crippen molar-refractivity contribution in [2.24, 2.45) is 5.92 Å². The number of piperazine rings is 1. The summed E-state index contributed by atoms with van der Waals surface area (Å²) in [5.74, 6) is 2.12. The number of carbonyl (C=O) groups is 1. The molecular formula is C22H29N5O2. The van der Waals surface area contributed by atoms with Crippen molar-refractivity contribution in [3.05, 3.63) is 48.9 Å². The molecule has 1 amide bonds. The fourth-order valence-electron chi connectivity index (χ4n) is 4.10. The van der Waals surface area contributed by atoms with Crippen molar-refractivity contribution in [3.63, 3.8) is 0 Å². The van der Waals surface area contributed by atoms with E-state index in [9.17, 15) is 4.79 Å². The summed E-state index contributed by atoms with van der Waals surface area (Å²) in [6, 6.07) is 9.91. The molecule has 1 aromatic heterocycles. The van der Waals surface area contributed by atoms with Gasteiger partial charge >= 0.3 is 0 Å². The number of benzene rings is 1.